The molecule has 0 fully saturated rings. The van der Waals surface area contributed by atoms with Gasteiger partial charge in [-0.3, -0.25) is 8.78 Å². The van der Waals surface area contributed by atoms with E-state index in [4.69, 9.17) is 0 Å². The van der Waals surface area contributed by atoms with Crippen LogP contribution in [0.25, 0.3) is 112 Å². The molecular formula is C111H108F4Ir5N5-5. The van der Waals surface area contributed by atoms with Crippen molar-refractivity contribution in [1.29, 1.82) is 0 Å². The molecule has 0 spiro atoms. The summed E-state index contributed by atoms with van der Waals surface area (Å²) in [6.07, 6.45) is 29.5. The van der Waals surface area contributed by atoms with Gasteiger partial charge in [0.1, 0.15) is 11.6 Å². The second kappa shape index (κ2) is 55.5. The zero-order valence-corrected chi connectivity index (χ0v) is 84.5. The standard InChI is InChI=1S/C23H23FN.3C22H21FN.C22H22N.5Ir/c1-3-4-5-7-18-11-13-23(25-16-18)21-9-6-8-19(14-21)20-12-10-17(2)22(24)15-20;2*1-3-4-5-17-7-9-18(10-8-17)20-14-19(11-12-21(20)23)22-13-6-16(2)15-24-22;1-2-3-4-6-17-9-14-22(24-16-17)20-8-5-7-19(15-20)18-10-12-21(23)13-11-18;1-3-4-8-18-12-13-22(23-16-18)21-11-6-10-20(15-21)19-9-5-7-17(2)14-19;;;;;/h6,8,10-16H,3-5,7H2,1-2H3;2*6-10,12-15H,3-5H2,1-2H3;5,7,9-16H,2-4,6H2,1H3;5-7,9-10,12-16H,3-4,8H2,1-2H3;;;;;/q5*-1;;;;;. The van der Waals surface area contributed by atoms with E-state index >= 15 is 0 Å². The number of hydrogen-bond acceptors (Lipinski definition) is 5. The van der Waals surface area contributed by atoms with Crippen LogP contribution in [0.4, 0.5) is 17.6 Å². The molecule has 0 unspecified atom stereocenters. The van der Waals surface area contributed by atoms with Crippen LogP contribution in [0.5, 0.6) is 0 Å². The third-order valence-electron chi connectivity index (χ3n) is 21.0. The Morgan fingerprint density at radius 2 is 0.568 bits per heavy atom. The minimum absolute atomic E-state index is 0. The number of unbranched alkanes of at least 4 members (excludes halogenated alkanes) is 7. The van der Waals surface area contributed by atoms with Crippen LogP contribution in [0.15, 0.2) is 286 Å². The largest absolute Gasteiger partial charge is 0.304 e. The van der Waals surface area contributed by atoms with Crippen molar-refractivity contribution >= 4 is 0 Å². The molecule has 0 saturated carbocycles. The molecule has 0 saturated heterocycles. The van der Waals surface area contributed by atoms with Crippen molar-refractivity contribution in [2.45, 2.75) is 171 Å². The van der Waals surface area contributed by atoms with Gasteiger partial charge >= 0.3 is 0 Å². The average molecular weight is 2550 g/mol. The van der Waals surface area contributed by atoms with Crippen molar-refractivity contribution in [3.8, 4) is 112 Å². The van der Waals surface area contributed by atoms with E-state index in [0.29, 0.717) is 16.7 Å². The van der Waals surface area contributed by atoms with Crippen molar-refractivity contribution in [2.24, 2.45) is 0 Å². The van der Waals surface area contributed by atoms with E-state index in [2.05, 4.69) is 188 Å². The molecule has 0 N–H and O–H groups in total. The van der Waals surface area contributed by atoms with Gasteiger partial charge in [0, 0.05) is 143 Å². The molecule has 5 radical (unpaired) electrons. The smallest absolute Gasteiger partial charge is 0.126 e. The number of aryl methyl sites for hydroxylation is 9. The molecule has 0 aliphatic rings. The first-order chi connectivity index (χ1) is 58.5. The Morgan fingerprint density at radius 3 is 0.920 bits per heavy atom. The molecule has 125 heavy (non-hydrogen) atoms. The minimum Gasteiger partial charge on any atom is -0.304 e. The first-order valence-electron chi connectivity index (χ1n) is 42.5. The molecule has 0 aliphatic heterocycles. The zero-order valence-electron chi connectivity index (χ0n) is 72.6. The van der Waals surface area contributed by atoms with Gasteiger partial charge in [-0.2, -0.15) is 0 Å². The topological polar surface area (TPSA) is 64.5 Å². The normalized spacial score (nSPS) is 10.3. The number of pyridine rings is 5. The molecule has 15 aromatic rings. The number of nitrogens with zero attached hydrogens (tertiary/aromatic N) is 5. The monoisotopic (exact) mass is 2550 g/mol. The maximum atomic E-state index is 14.3. The number of hydrogen-bond donors (Lipinski definition) is 0. The number of halogens is 4. The van der Waals surface area contributed by atoms with Crippen molar-refractivity contribution in [2.75, 3.05) is 0 Å². The van der Waals surface area contributed by atoms with Gasteiger partial charge in [-0.1, -0.05) is 254 Å². The van der Waals surface area contributed by atoms with Gasteiger partial charge in [0.05, 0.1) is 0 Å². The van der Waals surface area contributed by atoms with E-state index in [1.165, 1.54) is 146 Å². The Hall–Kier alpha value is -9.08. The van der Waals surface area contributed by atoms with Crippen LogP contribution in [-0.4, -0.2) is 24.9 Å². The minimum atomic E-state index is -0.257. The molecule has 10 aromatic carbocycles. The first-order valence-corrected chi connectivity index (χ1v) is 42.5. The number of rotatable bonds is 27. The molecule has 15 rings (SSSR count). The first kappa shape index (κ1) is 105. The summed E-state index contributed by atoms with van der Waals surface area (Å²) in [4.78, 5) is 22.6. The van der Waals surface area contributed by atoms with Crippen LogP contribution in [-0.2, 0) is 133 Å². The Balaban J connectivity index is 0.000000239. The van der Waals surface area contributed by atoms with Crippen molar-refractivity contribution < 1.29 is 118 Å². The second-order valence-corrected chi connectivity index (χ2v) is 30.7. The Labute approximate surface area is 808 Å². The summed E-state index contributed by atoms with van der Waals surface area (Å²) >= 11 is 0. The maximum Gasteiger partial charge on any atom is 0.126 e. The number of aromatic nitrogens is 5. The fourth-order valence-electron chi connectivity index (χ4n) is 13.8. The van der Waals surface area contributed by atoms with Gasteiger partial charge < -0.3 is 24.9 Å². The van der Waals surface area contributed by atoms with E-state index in [9.17, 15) is 17.6 Å². The van der Waals surface area contributed by atoms with Crippen LogP contribution in [0.3, 0.4) is 0 Å². The SMILES string of the molecule is CCCCCc1ccc(-c2[c-]ccc(-c3ccc(C)c(F)c3)c2)nc1.CCCCCc1ccc(-c2[c-]ccc(-c3ccc(F)cc3)c2)nc1.CCCCc1ccc(-c2[c-]ccc(-c3cccc(C)c3)c2)nc1.CCCCc1ccc(-c2cc(-c3ccc(C)cn3)[c-]cc2F)cc1.CCCCc1ccc(-c2cc(-c3ccc(C)cn3)[c-]cc2F)cc1.[Ir].[Ir].[Ir].[Ir].[Ir]. The van der Waals surface area contributed by atoms with Gasteiger partial charge in [0.2, 0.25) is 0 Å². The predicted octanol–water partition coefficient (Wildman–Crippen LogP) is 30.3. The molecule has 0 amide bonds. The van der Waals surface area contributed by atoms with Gasteiger partial charge in [-0.15, -0.1) is 154 Å². The van der Waals surface area contributed by atoms with E-state index in [1.807, 2.05) is 166 Å². The molecule has 5 nitrogen and oxygen atoms in total. The Bertz CT molecular complexity index is 5520. The van der Waals surface area contributed by atoms with E-state index in [-0.39, 0.29) is 124 Å². The molecule has 0 bridgehead atoms. The Kier molecular flexibility index (Phi) is 46.5. The van der Waals surface area contributed by atoms with Crippen molar-refractivity contribution in [3.05, 3.63) is 389 Å². The summed E-state index contributed by atoms with van der Waals surface area (Å²) in [6, 6.07) is 97.6. The third kappa shape index (κ3) is 32.6. The summed E-state index contributed by atoms with van der Waals surface area (Å²) in [5, 5.41) is 0. The summed E-state index contributed by atoms with van der Waals surface area (Å²) in [7, 11) is 0. The quantitative estimate of drug-likeness (QED) is 0.0292. The molecule has 14 heteroatoms. The zero-order chi connectivity index (χ0) is 84.4. The van der Waals surface area contributed by atoms with Crippen LogP contribution in [0.1, 0.15) is 162 Å². The summed E-state index contributed by atoms with van der Waals surface area (Å²) < 4.78 is 55.5. The van der Waals surface area contributed by atoms with Crippen LogP contribution in [0, 0.1) is 81.3 Å². The molecule has 0 aliphatic carbocycles. The van der Waals surface area contributed by atoms with Gasteiger partial charge in [-0.05, 0) is 211 Å². The fourth-order valence-corrected chi connectivity index (χ4v) is 13.8. The van der Waals surface area contributed by atoms with Crippen molar-refractivity contribution in [1.82, 2.24) is 24.9 Å². The second-order valence-electron chi connectivity index (χ2n) is 30.7. The fraction of sp³-hybridized carbons (Fsp3) is 0.234. The third-order valence-corrected chi connectivity index (χ3v) is 21.0. The molecule has 5 aromatic heterocycles. The molecular weight excluding hydrogens is 2440 g/mol. The number of benzene rings is 10. The van der Waals surface area contributed by atoms with Gasteiger partial charge in [-0.25, -0.2) is 8.78 Å². The Morgan fingerprint density at radius 1 is 0.248 bits per heavy atom. The van der Waals surface area contributed by atoms with E-state index in [1.54, 1.807) is 25.1 Å². The van der Waals surface area contributed by atoms with E-state index < -0.39 is 0 Å². The van der Waals surface area contributed by atoms with Gasteiger partial charge in [0.15, 0.2) is 0 Å². The van der Waals surface area contributed by atoms with Gasteiger partial charge in [0.25, 0.3) is 0 Å². The average Bonchev–Trinajstić information content (AvgIpc) is 0.842. The molecule has 0 atom stereocenters. The van der Waals surface area contributed by atoms with Crippen LogP contribution < -0.4 is 0 Å². The van der Waals surface area contributed by atoms with E-state index in [0.717, 1.165) is 133 Å². The summed E-state index contributed by atoms with van der Waals surface area (Å²) in [5.74, 6) is -0.914. The predicted molar refractivity (Wildman–Crippen MR) is 491 cm³/mol. The molecule has 5 heterocycles. The summed E-state index contributed by atoms with van der Waals surface area (Å²) in [5.41, 5.74) is 28.8. The van der Waals surface area contributed by atoms with Crippen LogP contribution in [0.2, 0.25) is 0 Å². The van der Waals surface area contributed by atoms with Crippen LogP contribution >= 0.6 is 0 Å². The maximum absolute atomic E-state index is 14.3. The molecule has 655 valence electrons. The summed E-state index contributed by atoms with van der Waals surface area (Å²) in [6.45, 7) is 18.9. The van der Waals surface area contributed by atoms with Crippen molar-refractivity contribution in [3.63, 3.8) is 0 Å².